The topological polar surface area (TPSA) is 69.1 Å². The van der Waals surface area contributed by atoms with Gasteiger partial charge in [-0.25, -0.2) is 0 Å². The van der Waals surface area contributed by atoms with Crippen LogP contribution >= 0.6 is 23.4 Å². The van der Waals surface area contributed by atoms with Crippen molar-refractivity contribution in [1.82, 2.24) is 0 Å². The molecule has 98 valence electrons. The first-order valence-corrected chi connectivity index (χ1v) is 6.99. The van der Waals surface area contributed by atoms with Crippen LogP contribution in [0, 0.1) is 0 Å². The lowest BCUT2D eigenvalue weighted by Gasteiger charge is -2.05. The predicted molar refractivity (Wildman–Crippen MR) is 80.4 cm³/mol. The average molecular weight is 293 g/mol. The van der Waals surface area contributed by atoms with Gasteiger partial charge in [-0.05, 0) is 35.9 Å². The summed E-state index contributed by atoms with van der Waals surface area (Å²) in [7, 11) is 0. The maximum absolute atomic E-state index is 11.1. The van der Waals surface area contributed by atoms with Crippen LogP contribution in [-0.4, -0.2) is 5.91 Å². The number of hydrogen-bond donors (Lipinski definition) is 2. The molecule has 0 spiro atoms. The molecule has 2 rings (SSSR count). The number of nitrogens with two attached hydrogens (primary N) is 2. The van der Waals surface area contributed by atoms with Gasteiger partial charge in [0, 0.05) is 16.2 Å². The van der Waals surface area contributed by atoms with Crippen molar-refractivity contribution in [3.63, 3.8) is 0 Å². The molecule has 0 saturated carbocycles. The molecule has 1 amide bonds. The number of primary amides is 1. The third kappa shape index (κ3) is 3.66. The summed E-state index contributed by atoms with van der Waals surface area (Å²) < 4.78 is 0. The van der Waals surface area contributed by atoms with Crippen LogP contribution in [0.25, 0.3) is 0 Å². The molecule has 3 nitrogen and oxygen atoms in total. The first-order chi connectivity index (χ1) is 9.06. The minimum Gasteiger partial charge on any atom is -0.398 e. The van der Waals surface area contributed by atoms with Crippen molar-refractivity contribution in [3.05, 3.63) is 58.6 Å². The molecule has 0 saturated heterocycles. The van der Waals surface area contributed by atoms with E-state index in [1.165, 1.54) is 0 Å². The van der Waals surface area contributed by atoms with Gasteiger partial charge in [0.05, 0.1) is 10.7 Å². The van der Waals surface area contributed by atoms with Gasteiger partial charge in [0.2, 0.25) is 5.91 Å². The third-order valence-electron chi connectivity index (χ3n) is 2.59. The van der Waals surface area contributed by atoms with Crippen LogP contribution < -0.4 is 11.5 Å². The molecule has 0 atom stereocenters. The number of nitrogen functional groups attached to an aromatic ring is 1. The van der Waals surface area contributed by atoms with Crippen LogP contribution in [0.4, 0.5) is 5.69 Å². The molecule has 0 aliphatic carbocycles. The van der Waals surface area contributed by atoms with Gasteiger partial charge in [-0.2, -0.15) is 0 Å². The zero-order chi connectivity index (χ0) is 13.8. The zero-order valence-corrected chi connectivity index (χ0v) is 11.7. The zero-order valence-electron chi connectivity index (χ0n) is 10.1. The molecule has 0 aliphatic heterocycles. The maximum atomic E-state index is 11.1. The predicted octanol–water partition coefficient (Wildman–Crippen LogP) is 3.31. The van der Waals surface area contributed by atoms with E-state index in [9.17, 15) is 4.79 Å². The maximum Gasteiger partial charge on any atom is 0.248 e. The molecule has 0 aromatic heterocycles. The van der Waals surface area contributed by atoms with Gasteiger partial charge in [-0.1, -0.05) is 23.7 Å². The first kappa shape index (κ1) is 13.8. The number of thioether (sulfide) groups is 1. The normalized spacial score (nSPS) is 10.4. The summed E-state index contributed by atoms with van der Waals surface area (Å²) in [6.45, 7) is 0. The van der Waals surface area contributed by atoms with E-state index >= 15 is 0 Å². The van der Waals surface area contributed by atoms with E-state index < -0.39 is 5.91 Å². The van der Waals surface area contributed by atoms with Crippen molar-refractivity contribution in [2.75, 3.05) is 5.73 Å². The molecular formula is C14H13ClN2OS. The molecule has 0 radical (unpaired) electrons. The average Bonchev–Trinajstić information content (AvgIpc) is 2.40. The molecule has 0 bridgehead atoms. The van der Waals surface area contributed by atoms with Crippen molar-refractivity contribution < 1.29 is 4.79 Å². The lowest BCUT2D eigenvalue weighted by molar-refractivity contribution is 0.1000. The number of benzene rings is 2. The summed E-state index contributed by atoms with van der Waals surface area (Å²) in [5.74, 6) is 0.323. The molecule has 4 N–H and O–H groups in total. The molecule has 0 unspecified atom stereocenters. The van der Waals surface area contributed by atoms with Crippen LogP contribution in [0.3, 0.4) is 0 Å². The molecule has 19 heavy (non-hydrogen) atoms. The fourth-order valence-corrected chi connectivity index (χ4v) is 2.70. The van der Waals surface area contributed by atoms with Crippen molar-refractivity contribution in [2.45, 2.75) is 10.6 Å². The van der Waals surface area contributed by atoms with Gasteiger partial charge in [0.15, 0.2) is 0 Å². The molecule has 0 fully saturated rings. The van der Waals surface area contributed by atoms with Crippen LogP contribution in [0.5, 0.6) is 0 Å². The van der Waals surface area contributed by atoms with Crippen LogP contribution in [0.2, 0.25) is 5.02 Å². The fourth-order valence-electron chi connectivity index (χ4n) is 1.58. The summed E-state index contributed by atoms with van der Waals surface area (Å²) in [6.07, 6.45) is 0. The lowest BCUT2D eigenvalue weighted by Crippen LogP contribution is -2.10. The van der Waals surface area contributed by atoms with E-state index in [2.05, 4.69) is 0 Å². The third-order valence-corrected chi connectivity index (χ3v) is 3.98. The largest absolute Gasteiger partial charge is 0.398 e. The summed E-state index contributed by atoms with van der Waals surface area (Å²) in [6, 6.07) is 12.8. The summed E-state index contributed by atoms with van der Waals surface area (Å²) in [5, 5.41) is 0.552. The summed E-state index contributed by atoms with van der Waals surface area (Å²) >= 11 is 7.59. The monoisotopic (exact) mass is 292 g/mol. The van der Waals surface area contributed by atoms with E-state index in [1.54, 1.807) is 30.0 Å². The number of halogens is 1. The van der Waals surface area contributed by atoms with Crippen molar-refractivity contribution >= 4 is 35.0 Å². The van der Waals surface area contributed by atoms with Crippen LogP contribution in [0.1, 0.15) is 15.9 Å². The van der Waals surface area contributed by atoms with Crippen LogP contribution in [-0.2, 0) is 5.75 Å². The Morgan fingerprint density at radius 3 is 2.68 bits per heavy atom. The second-order valence-electron chi connectivity index (χ2n) is 4.04. The van der Waals surface area contributed by atoms with Gasteiger partial charge in [-0.3, -0.25) is 4.79 Å². The van der Waals surface area contributed by atoms with Crippen molar-refractivity contribution in [3.8, 4) is 0 Å². The Bertz CT molecular complexity index is 616. The Hall–Kier alpha value is -1.65. The minimum atomic E-state index is -0.414. The standard InChI is InChI=1S/C14H13ClN2OS/c15-12-7-11(4-5-13(12)16)19-8-9-2-1-3-10(6-9)14(17)18/h1-7H,8,16H2,(H2,17,18). The van der Waals surface area contributed by atoms with Crippen molar-refractivity contribution in [1.29, 1.82) is 0 Å². The van der Waals surface area contributed by atoms with Gasteiger partial charge in [0.25, 0.3) is 0 Å². The highest BCUT2D eigenvalue weighted by atomic mass is 35.5. The molecular weight excluding hydrogens is 280 g/mol. The highest BCUT2D eigenvalue weighted by molar-refractivity contribution is 7.98. The van der Waals surface area contributed by atoms with Crippen molar-refractivity contribution in [2.24, 2.45) is 5.73 Å². The molecule has 2 aromatic rings. The van der Waals surface area contributed by atoms with E-state index in [0.29, 0.717) is 16.3 Å². The molecule has 5 heteroatoms. The number of hydrogen-bond acceptors (Lipinski definition) is 3. The second-order valence-corrected chi connectivity index (χ2v) is 5.49. The molecule has 2 aromatic carbocycles. The SMILES string of the molecule is NC(=O)c1cccc(CSc2ccc(N)c(Cl)c2)c1. The highest BCUT2D eigenvalue weighted by Crippen LogP contribution is 2.28. The quantitative estimate of drug-likeness (QED) is 0.671. The Labute approximate surface area is 120 Å². The van der Waals surface area contributed by atoms with Gasteiger partial charge >= 0.3 is 0 Å². The Balaban J connectivity index is 2.07. The van der Waals surface area contributed by atoms with E-state index in [4.69, 9.17) is 23.1 Å². The summed E-state index contributed by atoms with van der Waals surface area (Å²) in [4.78, 5) is 12.1. The number of amides is 1. The van der Waals surface area contributed by atoms with Crippen LogP contribution in [0.15, 0.2) is 47.4 Å². The number of rotatable bonds is 4. The number of anilines is 1. The number of carbonyl (C=O) groups excluding carboxylic acids is 1. The van der Waals surface area contributed by atoms with Gasteiger partial charge in [0.1, 0.15) is 0 Å². The minimum absolute atomic E-state index is 0.414. The van der Waals surface area contributed by atoms with Gasteiger partial charge < -0.3 is 11.5 Å². The lowest BCUT2D eigenvalue weighted by atomic mass is 10.1. The Morgan fingerprint density at radius 2 is 2.00 bits per heavy atom. The number of carbonyl (C=O) groups is 1. The molecule has 0 heterocycles. The van der Waals surface area contributed by atoms with E-state index in [1.807, 2.05) is 24.3 Å². The highest BCUT2D eigenvalue weighted by Gasteiger charge is 2.03. The fraction of sp³-hybridized carbons (Fsp3) is 0.0714. The van der Waals surface area contributed by atoms with Gasteiger partial charge in [-0.15, -0.1) is 11.8 Å². The summed E-state index contributed by atoms with van der Waals surface area (Å²) in [5.41, 5.74) is 13.0. The smallest absolute Gasteiger partial charge is 0.248 e. The molecule has 0 aliphatic rings. The Morgan fingerprint density at radius 1 is 1.21 bits per heavy atom. The van der Waals surface area contributed by atoms with E-state index in [-0.39, 0.29) is 0 Å². The Kier molecular flexibility index (Phi) is 4.35. The van der Waals surface area contributed by atoms with E-state index in [0.717, 1.165) is 16.2 Å². The second kappa shape index (κ2) is 5.99. The first-order valence-electron chi connectivity index (χ1n) is 5.63.